The lowest BCUT2D eigenvalue weighted by Gasteiger charge is -2.30. The van der Waals surface area contributed by atoms with Gasteiger partial charge in [-0.3, -0.25) is 14.5 Å². The van der Waals surface area contributed by atoms with Crippen LogP contribution in [0.4, 0.5) is 0 Å². The Morgan fingerprint density at radius 2 is 1.63 bits per heavy atom. The molecule has 0 spiro atoms. The van der Waals surface area contributed by atoms with Crippen LogP contribution < -0.4 is 14.8 Å². The van der Waals surface area contributed by atoms with Gasteiger partial charge < -0.3 is 29.2 Å². The average Bonchev–Trinajstić information content (AvgIpc) is 3.49. The highest BCUT2D eigenvalue weighted by Gasteiger charge is 2.24. The first-order valence-electron chi connectivity index (χ1n) is 15.2. The number of β-amino-alcohol motifs (C(OH)–C–C–N with tert-alkyl or cyclic N) is 1. The molecule has 6 rings (SSSR count). The molecule has 0 aliphatic carbocycles. The second kappa shape index (κ2) is 14.8. The Labute approximate surface area is 275 Å². The monoisotopic (exact) mass is 644 g/mol. The molecule has 242 valence electrons. The first kappa shape index (κ1) is 33.1. The summed E-state index contributed by atoms with van der Waals surface area (Å²) < 4.78 is 16.4. The van der Waals surface area contributed by atoms with Crippen LogP contribution in [0.2, 0.25) is 0 Å². The van der Waals surface area contributed by atoms with Crippen molar-refractivity contribution >= 4 is 25.3 Å². The van der Waals surface area contributed by atoms with Crippen LogP contribution in [0.3, 0.4) is 0 Å². The van der Waals surface area contributed by atoms with E-state index in [4.69, 9.17) is 13.9 Å². The van der Waals surface area contributed by atoms with Crippen LogP contribution >= 0.6 is 13.5 Å². The van der Waals surface area contributed by atoms with Gasteiger partial charge in [0.25, 0.3) is 11.8 Å². The van der Waals surface area contributed by atoms with E-state index >= 15 is 0 Å². The van der Waals surface area contributed by atoms with Crippen LogP contribution in [0.25, 0.3) is 0 Å². The van der Waals surface area contributed by atoms with Gasteiger partial charge in [0.15, 0.2) is 12.2 Å². The van der Waals surface area contributed by atoms with E-state index in [-0.39, 0.29) is 31.9 Å². The van der Waals surface area contributed by atoms with Crippen molar-refractivity contribution in [3.63, 3.8) is 0 Å². The summed E-state index contributed by atoms with van der Waals surface area (Å²) in [6.45, 7) is 5.47. The quantitative estimate of drug-likeness (QED) is 0.266. The number of hydrogen-bond acceptors (Lipinski definition) is 8. The van der Waals surface area contributed by atoms with Crippen molar-refractivity contribution in [2.24, 2.45) is 0 Å². The molecule has 3 heterocycles. The maximum absolute atomic E-state index is 13.0. The number of aromatic nitrogens is 1. The number of methoxy groups -OCH3 is 1. The molecule has 4 aromatic rings. The molecule has 0 saturated carbocycles. The molecule has 10 nitrogen and oxygen atoms in total. The van der Waals surface area contributed by atoms with Crippen molar-refractivity contribution in [3.05, 3.63) is 112 Å². The minimum Gasteiger partial charge on any atom is -0.497 e. The van der Waals surface area contributed by atoms with Crippen molar-refractivity contribution in [2.45, 2.75) is 45.6 Å². The smallest absolute Gasteiger partial charge is 0.254 e. The number of aryl methyl sites for hydroxylation is 1. The van der Waals surface area contributed by atoms with Crippen LogP contribution in [0, 0.1) is 6.92 Å². The third kappa shape index (κ3) is 7.72. The second-order valence-corrected chi connectivity index (χ2v) is 11.6. The van der Waals surface area contributed by atoms with Crippen molar-refractivity contribution < 1.29 is 28.6 Å². The molecule has 0 saturated heterocycles. The number of aliphatic hydroxyl groups excluding tert-OH is 1. The maximum Gasteiger partial charge on any atom is 0.254 e. The molecule has 0 bridgehead atoms. The fourth-order valence-corrected chi connectivity index (χ4v) is 5.91. The van der Waals surface area contributed by atoms with Gasteiger partial charge in [-0.1, -0.05) is 12.1 Å². The van der Waals surface area contributed by atoms with E-state index in [0.29, 0.717) is 49.5 Å². The summed E-state index contributed by atoms with van der Waals surface area (Å²) in [5.41, 5.74) is 6.55. The van der Waals surface area contributed by atoms with Gasteiger partial charge in [-0.2, -0.15) is 13.5 Å². The Morgan fingerprint density at radius 3 is 2.39 bits per heavy atom. The van der Waals surface area contributed by atoms with E-state index in [0.717, 1.165) is 47.8 Å². The number of rotatable bonds is 10. The second-order valence-electron chi connectivity index (χ2n) is 11.6. The van der Waals surface area contributed by atoms with Crippen LogP contribution in [-0.4, -0.2) is 71.1 Å². The highest BCUT2D eigenvalue weighted by atomic mass is 32.1. The van der Waals surface area contributed by atoms with E-state index in [1.54, 1.807) is 37.4 Å². The molecule has 3 aromatic carbocycles. The molecule has 2 N–H and O–H groups in total. The Hall–Kier alpha value is -4.32. The number of carbonyl (C=O) groups excluding carboxylic acids is 2. The minimum absolute atomic E-state index is 0. The third-order valence-electron chi connectivity index (χ3n) is 8.56. The van der Waals surface area contributed by atoms with E-state index in [2.05, 4.69) is 27.3 Å². The average molecular weight is 645 g/mol. The Kier molecular flexibility index (Phi) is 10.7. The van der Waals surface area contributed by atoms with E-state index < -0.39 is 6.10 Å². The number of fused-ring (bicyclic) bond motifs is 2. The number of hydrogen-bond donors (Lipinski definition) is 2. The van der Waals surface area contributed by atoms with Crippen LogP contribution in [-0.2, 0) is 32.5 Å². The predicted octanol–water partition coefficient (Wildman–Crippen LogP) is 4.03. The Morgan fingerprint density at radius 1 is 0.935 bits per heavy atom. The molecule has 1 atom stereocenters. The summed E-state index contributed by atoms with van der Waals surface area (Å²) in [5, 5.41) is 13.6. The fraction of sp³-hybridized carbons (Fsp3) is 0.343. The van der Waals surface area contributed by atoms with Crippen molar-refractivity contribution in [3.8, 4) is 11.5 Å². The molecule has 0 fully saturated rings. The predicted molar refractivity (Wildman–Crippen MR) is 178 cm³/mol. The summed E-state index contributed by atoms with van der Waals surface area (Å²) >= 11 is 0. The highest BCUT2D eigenvalue weighted by molar-refractivity contribution is 7.59. The maximum atomic E-state index is 13.0. The molecule has 0 unspecified atom stereocenters. The zero-order valence-corrected chi connectivity index (χ0v) is 27.1. The first-order chi connectivity index (χ1) is 21.9. The van der Waals surface area contributed by atoms with E-state index in [1.807, 2.05) is 30.0 Å². The van der Waals surface area contributed by atoms with Gasteiger partial charge in [0, 0.05) is 50.4 Å². The van der Waals surface area contributed by atoms with Crippen LogP contribution in [0.15, 0.2) is 71.5 Å². The van der Waals surface area contributed by atoms with Crippen LogP contribution in [0.1, 0.15) is 54.4 Å². The zero-order chi connectivity index (χ0) is 31.3. The highest BCUT2D eigenvalue weighted by Crippen LogP contribution is 2.26. The van der Waals surface area contributed by atoms with Crippen molar-refractivity contribution in [2.75, 3.05) is 33.3 Å². The summed E-state index contributed by atoms with van der Waals surface area (Å²) in [6, 6.07) is 18.8. The molecule has 2 aliphatic rings. The van der Waals surface area contributed by atoms with Crippen LogP contribution in [0.5, 0.6) is 11.5 Å². The van der Waals surface area contributed by atoms with Crippen molar-refractivity contribution in [1.82, 2.24) is 20.1 Å². The lowest BCUT2D eigenvalue weighted by atomic mass is 9.96. The molecule has 46 heavy (non-hydrogen) atoms. The van der Waals surface area contributed by atoms with Gasteiger partial charge >= 0.3 is 0 Å². The lowest BCUT2D eigenvalue weighted by Crippen LogP contribution is -2.42. The number of nitrogens with one attached hydrogen (secondary N) is 1. The number of amides is 2. The molecule has 0 radical (unpaired) electrons. The van der Waals surface area contributed by atoms with Gasteiger partial charge in [0.1, 0.15) is 18.1 Å². The van der Waals surface area contributed by atoms with Gasteiger partial charge in [0.2, 0.25) is 0 Å². The summed E-state index contributed by atoms with van der Waals surface area (Å²) in [5.74, 6) is 1.98. The number of nitrogens with zero attached hydrogens (tertiary/aromatic N) is 3. The molecular formula is C35H40N4O6S. The number of carbonyl (C=O) groups is 2. The van der Waals surface area contributed by atoms with E-state index in [1.165, 1.54) is 17.5 Å². The molecule has 11 heteroatoms. The third-order valence-corrected chi connectivity index (χ3v) is 8.56. The molecule has 1 aromatic heterocycles. The Bertz CT molecular complexity index is 1670. The van der Waals surface area contributed by atoms with Crippen molar-refractivity contribution in [1.29, 1.82) is 0 Å². The summed E-state index contributed by atoms with van der Waals surface area (Å²) in [7, 11) is 1.60. The summed E-state index contributed by atoms with van der Waals surface area (Å²) in [4.78, 5) is 34.1. The molecule has 2 aliphatic heterocycles. The molecule has 2 amide bonds. The van der Waals surface area contributed by atoms with Gasteiger partial charge in [-0.15, -0.1) is 0 Å². The normalized spacial score (nSPS) is 14.8. The van der Waals surface area contributed by atoms with Gasteiger partial charge in [0.05, 0.1) is 18.9 Å². The van der Waals surface area contributed by atoms with Gasteiger partial charge in [-0.05, 0) is 90.6 Å². The Balaban J connectivity index is 0.00000417. The number of aliphatic hydroxyl groups is 1. The molecular weight excluding hydrogens is 604 g/mol. The number of oxazole rings is 1. The van der Waals surface area contributed by atoms with E-state index in [9.17, 15) is 14.7 Å². The standard InChI is InChI=1S/C35H38N4O6.H2S/c1-23-33(45-22-37-23)21-44-32-10-7-28-18-38(13-11-26(28)16-32)20-30(40)17-36-34(41)27-3-4-29-19-39(14-12-25(29)15-27)35(42)24-5-8-31(43-2)9-6-24;/h3-10,15-16,22,30,40H,11-14,17-21H2,1-2H3,(H,36,41);1H2/t30-;/m0./s1. The SMILES string of the molecule is COc1ccc(C(=O)N2CCc3cc(C(=O)NC[C@H](O)CN4CCc5cc(OCc6ocnc6C)ccc5C4)ccc3C2)cc1.S. The largest absolute Gasteiger partial charge is 0.497 e. The fourth-order valence-electron chi connectivity index (χ4n) is 5.91. The van der Waals surface area contributed by atoms with Gasteiger partial charge in [-0.25, -0.2) is 4.98 Å². The zero-order valence-electron chi connectivity index (χ0n) is 26.1. The minimum atomic E-state index is -0.696. The number of benzene rings is 3. The lowest BCUT2D eigenvalue weighted by molar-refractivity contribution is 0.0734. The first-order valence-corrected chi connectivity index (χ1v) is 15.2. The topological polar surface area (TPSA) is 117 Å². The number of ether oxygens (including phenoxy) is 2. The summed E-state index contributed by atoms with van der Waals surface area (Å²) in [6.07, 6.45) is 2.25.